The van der Waals surface area contributed by atoms with Gasteiger partial charge in [-0.3, -0.25) is 14.8 Å². The monoisotopic (exact) mass is 531 g/mol. The summed E-state index contributed by atoms with van der Waals surface area (Å²) in [5, 5.41) is 30.8. The Balaban J connectivity index is 1.63. The number of aliphatic hydroxyl groups is 1. The Morgan fingerprint density at radius 1 is 1.24 bits per heavy atom. The molecular formula is C27H32F3N5O3. The molecule has 0 saturated carbocycles. The number of benzene rings is 1. The average molecular weight is 532 g/mol. The fraction of sp³-hybridized carbons (Fsp3) is 0.444. The van der Waals surface area contributed by atoms with Crippen LogP contribution in [0.15, 0.2) is 30.3 Å². The molecule has 0 spiro atoms. The van der Waals surface area contributed by atoms with Crippen LogP contribution in [0.5, 0.6) is 0 Å². The van der Waals surface area contributed by atoms with E-state index in [0.717, 1.165) is 11.8 Å². The van der Waals surface area contributed by atoms with Gasteiger partial charge in [-0.1, -0.05) is 12.1 Å². The number of hydrogen-bond acceptors (Lipinski definition) is 6. The van der Waals surface area contributed by atoms with Crippen LogP contribution in [0.3, 0.4) is 0 Å². The molecule has 1 fully saturated rings. The molecule has 1 aliphatic heterocycles. The zero-order valence-corrected chi connectivity index (χ0v) is 21.8. The molecule has 1 aromatic carbocycles. The Bertz CT molecular complexity index is 1340. The molecule has 3 aromatic rings. The second kappa shape index (κ2) is 10.4. The first-order chi connectivity index (χ1) is 17.8. The van der Waals surface area contributed by atoms with Gasteiger partial charge < -0.3 is 15.5 Å². The highest BCUT2D eigenvalue weighted by atomic mass is 19.2. The van der Waals surface area contributed by atoms with Gasteiger partial charge in [-0.2, -0.15) is 5.10 Å². The van der Waals surface area contributed by atoms with Crippen LogP contribution in [0.2, 0.25) is 0 Å². The number of hydrogen-bond donors (Lipinski definition) is 4. The van der Waals surface area contributed by atoms with Crippen molar-refractivity contribution < 1.29 is 28.2 Å². The fourth-order valence-electron chi connectivity index (χ4n) is 5.07. The molecule has 4 rings (SSSR count). The Morgan fingerprint density at radius 3 is 2.58 bits per heavy atom. The number of aryl methyl sites for hydroxylation is 1. The molecule has 11 heteroatoms. The van der Waals surface area contributed by atoms with Crippen molar-refractivity contribution in [3.8, 4) is 0 Å². The first-order valence-electron chi connectivity index (χ1n) is 12.4. The number of nitrogens with one attached hydrogen (secondary N) is 2. The van der Waals surface area contributed by atoms with Crippen molar-refractivity contribution in [3.63, 3.8) is 0 Å². The number of nitrogens with zero attached hydrogens (tertiary/aromatic N) is 3. The first kappa shape index (κ1) is 27.6. The van der Waals surface area contributed by atoms with Gasteiger partial charge in [-0.05, 0) is 59.2 Å². The van der Waals surface area contributed by atoms with Crippen LogP contribution in [-0.2, 0) is 23.4 Å². The highest BCUT2D eigenvalue weighted by molar-refractivity contribution is 5.75. The third-order valence-corrected chi connectivity index (χ3v) is 7.20. The Kier molecular flexibility index (Phi) is 7.53. The Labute approximate surface area is 218 Å². The van der Waals surface area contributed by atoms with Crippen molar-refractivity contribution in [1.29, 1.82) is 0 Å². The number of carboxylic acid groups (broad SMARTS) is 1. The summed E-state index contributed by atoms with van der Waals surface area (Å²) in [5.41, 5.74) is -2.02. The van der Waals surface area contributed by atoms with E-state index in [9.17, 15) is 23.8 Å². The van der Waals surface area contributed by atoms with Gasteiger partial charge in [0.2, 0.25) is 0 Å². The second-order valence-corrected chi connectivity index (χ2v) is 10.7. The molecule has 3 heterocycles. The molecule has 204 valence electrons. The van der Waals surface area contributed by atoms with E-state index in [2.05, 4.69) is 20.5 Å². The van der Waals surface area contributed by atoms with E-state index in [1.165, 1.54) is 32.0 Å². The van der Waals surface area contributed by atoms with Crippen LogP contribution in [0.25, 0.3) is 0 Å². The van der Waals surface area contributed by atoms with Gasteiger partial charge in [0.25, 0.3) is 0 Å². The quantitative estimate of drug-likeness (QED) is 0.330. The molecule has 0 unspecified atom stereocenters. The number of halogens is 3. The van der Waals surface area contributed by atoms with Crippen LogP contribution in [0.4, 0.5) is 24.8 Å². The molecule has 8 nitrogen and oxygen atoms in total. The van der Waals surface area contributed by atoms with E-state index in [1.807, 2.05) is 18.7 Å². The zero-order chi connectivity index (χ0) is 27.8. The average Bonchev–Trinajstić information content (AvgIpc) is 3.24. The molecule has 38 heavy (non-hydrogen) atoms. The largest absolute Gasteiger partial charge is 0.481 e. The number of aromatic amines is 1. The predicted molar refractivity (Wildman–Crippen MR) is 135 cm³/mol. The fourth-order valence-corrected chi connectivity index (χ4v) is 5.07. The Morgan fingerprint density at radius 2 is 1.97 bits per heavy atom. The van der Waals surface area contributed by atoms with E-state index in [0.29, 0.717) is 5.82 Å². The van der Waals surface area contributed by atoms with Crippen molar-refractivity contribution in [2.24, 2.45) is 5.41 Å². The van der Waals surface area contributed by atoms with Crippen LogP contribution in [-0.4, -0.2) is 48.9 Å². The molecule has 0 bridgehead atoms. The van der Waals surface area contributed by atoms with Gasteiger partial charge >= 0.3 is 5.97 Å². The standard InChI is InChI=1S/C27H32F3N5O3/c1-15-10-22(34-33-15)32-21-11-18(26(3,4)38)24(30)20(31-21)13-27(25(36)37)8-9-35(16(2)12-27)14-17-6-5-7-19(28)23(17)29/h5-7,10-11,16,38H,8-9,12-14H2,1-4H3,(H,36,37)(H2,31,32,33,34)/t16-,27-/m1/s1. The number of pyridine rings is 1. The summed E-state index contributed by atoms with van der Waals surface area (Å²) < 4.78 is 43.6. The van der Waals surface area contributed by atoms with Gasteiger partial charge in [0.05, 0.1) is 16.7 Å². The lowest BCUT2D eigenvalue weighted by atomic mass is 9.72. The minimum Gasteiger partial charge on any atom is -0.481 e. The summed E-state index contributed by atoms with van der Waals surface area (Å²) in [6.45, 7) is 6.93. The number of aromatic nitrogens is 3. The summed E-state index contributed by atoms with van der Waals surface area (Å²) in [6, 6.07) is 6.78. The van der Waals surface area contributed by atoms with Crippen molar-refractivity contribution in [3.05, 3.63) is 70.3 Å². The summed E-state index contributed by atoms with van der Waals surface area (Å²) in [4.78, 5) is 18.9. The van der Waals surface area contributed by atoms with Gasteiger partial charge in [-0.25, -0.2) is 18.2 Å². The molecule has 1 saturated heterocycles. The SMILES string of the molecule is Cc1cc(Nc2cc(C(C)(C)O)c(F)c(C[C@@]3(C(=O)O)CCN(Cc4cccc(F)c4F)[C@H](C)C3)n2)n[nH]1. The summed E-state index contributed by atoms with van der Waals surface area (Å²) in [6.07, 6.45) is 0.0894. The first-order valence-corrected chi connectivity index (χ1v) is 12.4. The minimum atomic E-state index is -1.55. The number of piperidine rings is 1. The number of carboxylic acids is 1. The van der Waals surface area contributed by atoms with Gasteiger partial charge in [-0.15, -0.1) is 0 Å². The van der Waals surface area contributed by atoms with Crippen molar-refractivity contribution in [1.82, 2.24) is 20.1 Å². The Hall–Kier alpha value is -3.44. The molecule has 2 atom stereocenters. The molecule has 1 aliphatic rings. The minimum absolute atomic E-state index is 0.0233. The number of likely N-dealkylation sites (tertiary alicyclic amines) is 1. The topological polar surface area (TPSA) is 114 Å². The van der Waals surface area contributed by atoms with Crippen LogP contribution in [0.1, 0.15) is 56.1 Å². The number of aliphatic carboxylic acids is 1. The maximum absolute atomic E-state index is 15.7. The highest BCUT2D eigenvalue weighted by Gasteiger charge is 2.45. The number of anilines is 2. The van der Waals surface area contributed by atoms with Gasteiger partial charge in [0.1, 0.15) is 5.82 Å². The molecule has 2 aromatic heterocycles. The van der Waals surface area contributed by atoms with Crippen molar-refractivity contribution >= 4 is 17.6 Å². The van der Waals surface area contributed by atoms with Crippen molar-refractivity contribution in [2.75, 3.05) is 11.9 Å². The lowest BCUT2D eigenvalue weighted by Gasteiger charge is -2.43. The van der Waals surface area contributed by atoms with Crippen LogP contribution < -0.4 is 5.32 Å². The molecular weight excluding hydrogens is 499 g/mol. The maximum atomic E-state index is 15.7. The van der Waals surface area contributed by atoms with Gasteiger partial charge in [0.15, 0.2) is 23.3 Å². The van der Waals surface area contributed by atoms with E-state index >= 15 is 4.39 Å². The highest BCUT2D eigenvalue weighted by Crippen LogP contribution is 2.40. The maximum Gasteiger partial charge on any atom is 0.310 e. The molecule has 0 radical (unpaired) electrons. The zero-order valence-electron chi connectivity index (χ0n) is 21.8. The lowest BCUT2D eigenvalue weighted by Crippen LogP contribution is -2.50. The van der Waals surface area contributed by atoms with E-state index in [-0.39, 0.29) is 61.0 Å². The smallest absolute Gasteiger partial charge is 0.310 e. The summed E-state index contributed by atoms with van der Waals surface area (Å²) in [7, 11) is 0. The van der Waals surface area contributed by atoms with E-state index in [1.54, 1.807) is 6.07 Å². The van der Waals surface area contributed by atoms with E-state index in [4.69, 9.17) is 0 Å². The van der Waals surface area contributed by atoms with Gasteiger partial charge in [0, 0.05) is 41.9 Å². The summed E-state index contributed by atoms with van der Waals surface area (Å²) in [5.74, 6) is -3.05. The predicted octanol–water partition coefficient (Wildman–Crippen LogP) is 4.80. The van der Waals surface area contributed by atoms with Crippen LogP contribution >= 0.6 is 0 Å². The molecule has 0 aliphatic carbocycles. The number of H-pyrrole nitrogens is 1. The van der Waals surface area contributed by atoms with Crippen molar-refractivity contribution in [2.45, 2.75) is 65.1 Å². The third kappa shape index (κ3) is 5.68. The number of carbonyl (C=O) groups is 1. The third-order valence-electron chi connectivity index (χ3n) is 7.20. The lowest BCUT2D eigenvalue weighted by molar-refractivity contribution is -0.153. The molecule has 4 N–H and O–H groups in total. The van der Waals surface area contributed by atoms with E-state index < -0.39 is 34.4 Å². The van der Waals surface area contributed by atoms with Crippen LogP contribution in [0, 0.1) is 29.8 Å². The normalized spacial score (nSPS) is 20.5. The molecule has 0 amide bonds. The number of rotatable bonds is 8. The summed E-state index contributed by atoms with van der Waals surface area (Å²) >= 11 is 0. The second-order valence-electron chi connectivity index (χ2n) is 10.7.